The standard InChI is InChI=1S/C26H29FN4O4/c1-25(2,3)35-24(33)29-26(4)16-30(17-26)22-10-9-20(14-28-22)31-12-11-21(13-23(31)32)34-15-18-5-7-19(27)8-6-18/h5-14H,15-17H2,1-4H3,(H,29,33). The summed E-state index contributed by atoms with van der Waals surface area (Å²) in [5, 5.41) is 2.92. The van der Waals surface area contributed by atoms with Crippen LogP contribution in [0.5, 0.6) is 5.75 Å². The van der Waals surface area contributed by atoms with E-state index in [0.717, 1.165) is 11.4 Å². The van der Waals surface area contributed by atoms with Gasteiger partial charge in [-0.05, 0) is 63.6 Å². The van der Waals surface area contributed by atoms with E-state index in [9.17, 15) is 14.0 Å². The predicted octanol–water partition coefficient (Wildman–Crippen LogP) is 4.05. The number of pyridine rings is 2. The van der Waals surface area contributed by atoms with Crippen molar-refractivity contribution in [3.63, 3.8) is 0 Å². The van der Waals surface area contributed by atoms with Crippen molar-refractivity contribution in [2.75, 3.05) is 18.0 Å². The summed E-state index contributed by atoms with van der Waals surface area (Å²) in [4.78, 5) is 31.2. The predicted molar refractivity (Wildman–Crippen MR) is 131 cm³/mol. The van der Waals surface area contributed by atoms with Gasteiger partial charge in [-0.15, -0.1) is 0 Å². The summed E-state index contributed by atoms with van der Waals surface area (Å²) in [7, 11) is 0. The highest BCUT2D eigenvalue weighted by Gasteiger charge is 2.41. The number of rotatable bonds is 6. The molecule has 1 aliphatic heterocycles. The van der Waals surface area contributed by atoms with Crippen LogP contribution in [-0.4, -0.2) is 39.9 Å². The van der Waals surface area contributed by atoms with Crippen molar-refractivity contribution in [1.82, 2.24) is 14.9 Å². The Hall–Kier alpha value is -3.88. The number of nitrogens with zero attached hydrogens (tertiary/aromatic N) is 3. The molecule has 1 aliphatic rings. The van der Waals surface area contributed by atoms with Gasteiger partial charge in [0.15, 0.2) is 0 Å². The maximum absolute atomic E-state index is 13.0. The lowest BCUT2D eigenvalue weighted by molar-refractivity contribution is 0.0445. The smallest absolute Gasteiger partial charge is 0.408 e. The second-order valence-electron chi connectivity index (χ2n) is 9.90. The molecule has 9 heteroatoms. The first kappa shape index (κ1) is 24.3. The van der Waals surface area contributed by atoms with Gasteiger partial charge in [0, 0.05) is 25.4 Å². The van der Waals surface area contributed by atoms with Gasteiger partial charge in [-0.25, -0.2) is 14.2 Å². The number of hydrogen-bond donors (Lipinski definition) is 1. The number of carbonyl (C=O) groups is 1. The first-order valence-electron chi connectivity index (χ1n) is 11.3. The van der Waals surface area contributed by atoms with Gasteiger partial charge in [-0.1, -0.05) is 12.1 Å². The third-order valence-electron chi connectivity index (χ3n) is 5.43. The van der Waals surface area contributed by atoms with Gasteiger partial charge in [0.25, 0.3) is 5.56 Å². The fourth-order valence-electron chi connectivity index (χ4n) is 3.81. The van der Waals surface area contributed by atoms with Gasteiger partial charge in [-0.2, -0.15) is 0 Å². The van der Waals surface area contributed by atoms with E-state index in [-0.39, 0.29) is 18.0 Å². The first-order chi connectivity index (χ1) is 16.5. The van der Waals surface area contributed by atoms with Crippen molar-refractivity contribution in [1.29, 1.82) is 0 Å². The van der Waals surface area contributed by atoms with E-state index in [1.165, 1.54) is 22.8 Å². The third kappa shape index (κ3) is 6.17. The zero-order valence-corrected chi connectivity index (χ0v) is 20.2. The molecule has 8 nitrogen and oxygen atoms in total. The Morgan fingerprint density at radius 3 is 2.46 bits per heavy atom. The Balaban J connectivity index is 1.34. The number of halogens is 1. The maximum Gasteiger partial charge on any atom is 0.408 e. The van der Waals surface area contributed by atoms with Gasteiger partial charge >= 0.3 is 6.09 Å². The van der Waals surface area contributed by atoms with Crippen LogP contribution < -0.4 is 20.5 Å². The summed E-state index contributed by atoms with van der Waals surface area (Å²) in [5.74, 6) is 0.874. The van der Waals surface area contributed by atoms with Crippen LogP contribution in [0.15, 0.2) is 65.7 Å². The Labute approximate surface area is 203 Å². The van der Waals surface area contributed by atoms with Crippen molar-refractivity contribution in [2.24, 2.45) is 0 Å². The van der Waals surface area contributed by atoms with E-state index in [1.807, 2.05) is 44.7 Å². The molecule has 4 rings (SSSR count). The molecule has 1 aromatic carbocycles. The molecule has 2 aromatic heterocycles. The Bertz CT molecular complexity index is 1240. The lowest BCUT2D eigenvalue weighted by Gasteiger charge is -2.48. The third-order valence-corrected chi connectivity index (χ3v) is 5.43. The second-order valence-corrected chi connectivity index (χ2v) is 9.90. The van der Waals surface area contributed by atoms with Crippen LogP contribution in [0, 0.1) is 5.82 Å². The SMILES string of the molecule is CC1(NC(=O)OC(C)(C)C)CN(c2ccc(-n3ccc(OCc4ccc(F)cc4)cc3=O)cn2)C1. The summed E-state index contributed by atoms with van der Waals surface area (Å²) in [6, 6.07) is 12.8. The summed E-state index contributed by atoms with van der Waals surface area (Å²) >= 11 is 0. The lowest BCUT2D eigenvalue weighted by atomic mass is 9.92. The normalized spacial score (nSPS) is 14.7. The van der Waals surface area contributed by atoms with E-state index >= 15 is 0 Å². The summed E-state index contributed by atoms with van der Waals surface area (Å²) in [6.07, 6.45) is 2.82. The fourth-order valence-corrected chi connectivity index (χ4v) is 3.81. The molecule has 0 atom stereocenters. The molecule has 1 fully saturated rings. The summed E-state index contributed by atoms with van der Waals surface area (Å²) in [5.41, 5.74) is 0.224. The molecule has 3 aromatic rings. The monoisotopic (exact) mass is 480 g/mol. The second kappa shape index (κ2) is 9.40. The minimum atomic E-state index is -0.549. The van der Waals surface area contributed by atoms with Gasteiger partial charge in [0.05, 0.1) is 17.4 Å². The fraction of sp³-hybridized carbons (Fsp3) is 0.346. The lowest BCUT2D eigenvalue weighted by Crippen LogP contribution is -2.69. The maximum atomic E-state index is 13.0. The molecular weight excluding hydrogens is 451 g/mol. The largest absolute Gasteiger partial charge is 0.489 e. The molecule has 0 aliphatic carbocycles. The zero-order chi connectivity index (χ0) is 25.2. The minimum Gasteiger partial charge on any atom is -0.489 e. The highest BCUT2D eigenvalue weighted by molar-refractivity contribution is 5.69. The Morgan fingerprint density at radius 1 is 1.14 bits per heavy atom. The number of nitrogens with one attached hydrogen (secondary N) is 1. The van der Waals surface area contributed by atoms with Crippen molar-refractivity contribution in [3.05, 3.63) is 82.7 Å². The quantitative estimate of drug-likeness (QED) is 0.573. The highest BCUT2D eigenvalue weighted by atomic mass is 19.1. The van der Waals surface area contributed by atoms with Crippen molar-refractivity contribution in [3.8, 4) is 11.4 Å². The average molecular weight is 481 g/mol. The number of alkyl carbamates (subject to hydrolysis) is 1. The van der Waals surface area contributed by atoms with Crippen LogP contribution in [0.4, 0.5) is 15.0 Å². The highest BCUT2D eigenvalue weighted by Crippen LogP contribution is 2.27. The Kier molecular flexibility index (Phi) is 6.51. The Morgan fingerprint density at radius 2 is 1.86 bits per heavy atom. The number of hydrogen-bond acceptors (Lipinski definition) is 6. The summed E-state index contributed by atoms with van der Waals surface area (Å²) < 4.78 is 25.5. The molecule has 0 unspecified atom stereocenters. The molecule has 0 radical (unpaired) electrons. The van der Waals surface area contributed by atoms with E-state index in [4.69, 9.17) is 9.47 Å². The van der Waals surface area contributed by atoms with Gasteiger partial charge in [0.1, 0.15) is 29.6 Å². The number of benzene rings is 1. The number of carbonyl (C=O) groups excluding carboxylic acids is 1. The topological polar surface area (TPSA) is 85.7 Å². The molecule has 0 spiro atoms. The molecule has 1 N–H and O–H groups in total. The molecule has 35 heavy (non-hydrogen) atoms. The van der Waals surface area contributed by atoms with Crippen LogP contribution in [0.1, 0.15) is 33.3 Å². The number of amides is 1. The molecule has 1 saturated heterocycles. The molecule has 3 heterocycles. The molecular formula is C26H29FN4O4. The summed E-state index contributed by atoms with van der Waals surface area (Å²) in [6.45, 7) is 8.86. The molecule has 184 valence electrons. The first-order valence-corrected chi connectivity index (χ1v) is 11.3. The van der Waals surface area contributed by atoms with Crippen molar-refractivity contribution < 1.29 is 18.7 Å². The number of aromatic nitrogens is 2. The minimum absolute atomic E-state index is 0.234. The number of ether oxygens (including phenoxy) is 2. The van der Waals surface area contributed by atoms with Crippen LogP contribution in [0.25, 0.3) is 5.69 Å². The van der Waals surface area contributed by atoms with Gasteiger partial charge < -0.3 is 19.7 Å². The van der Waals surface area contributed by atoms with Crippen LogP contribution in [0.3, 0.4) is 0 Å². The van der Waals surface area contributed by atoms with E-state index in [0.29, 0.717) is 24.5 Å². The molecule has 0 bridgehead atoms. The van der Waals surface area contributed by atoms with Gasteiger partial charge in [-0.3, -0.25) is 9.36 Å². The number of anilines is 1. The van der Waals surface area contributed by atoms with E-state index < -0.39 is 17.2 Å². The van der Waals surface area contributed by atoms with Gasteiger partial charge in [0.2, 0.25) is 0 Å². The molecule has 1 amide bonds. The van der Waals surface area contributed by atoms with Crippen molar-refractivity contribution in [2.45, 2.75) is 45.4 Å². The van der Waals surface area contributed by atoms with Crippen LogP contribution >= 0.6 is 0 Å². The zero-order valence-electron chi connectivity index (χ0n) is 20.2. The van der Waals surface area contributed by atoms with E-state index in [1.54, 1.807) is 30.6 Å². The molecule has 0 saturated carbocycles. The van der Waals surface area contributed by atoms with E-state index in [2.05, 4.69) is 10.3 Å². The van der Waals surface area contributed by atoms with Crippen molar-refractivity contribution >= 4 is 11.9 Å². The average Bonchev–Trinajstić information content (AvgIpc) is 2.76. The van der Waals surface area contributed by atoms with Crippen LogP contribution in [-0.2, 0) is 11.3 Å². The van der Waals surface area contributed by atoms with Crippen LogP contribution in [0.2, 0.25) is 0 Å².